The fourth-order valence-corrected chi connectivity index (χ4v) is 1.78. The van der Waals surface area contributed by atoms with Crippen molar-refractivity contribution in [3.8, 4) is 0 Å². The van der Waals surface area contributed by atoms with Gasteiger partial charge in [0, 0.05) is 9.69 Å². The van der Waals surface area contributed by atoms with Crippen LogP contribution in [0.2, 0.25) is 0 Å². The van der Waals surface area contributed by atoms with E-state index in [4.69, 9.17) is 0 Å². The van der Waals surface area contributed by atoms with Gasteiger partial charge in [-0.05, 0) is 24.6 Å². The van der Waals surface area contributed by atoms with Crippen LogP contribution in [-0.2, 0) is 0 Å². The van der Waals surface area contributed by atoms with Gasteiger partial charge >= 0.3 is 0 Å². The predicted octanol–water partition coefficient (Wildman–Crippen LogP) is 1.51. The first-order valence-electron chi connectivity index (χ1n) is 4.38. The molecule has 2 rings (SSSR count). The van der Waals surface area contributed by atoms with Crippen molar-refractivity contribution in [3.05, 3.63) is 33.2 Å². The zero-order valence-corrected chi connectivity index (χ0v) is 9.00. The molecule has 1 aromatic rings. The van der Waals surface area contributed by atoms with E-state index >= 15 is 0 Å². The fourth-order valence-electron chi connectivity index (χ4n) is 1.42. The van der Waals surface area contributed by atoms with Crippen LogP contribution in [0, 0.1) is 0 Å². The fraction of sp³-hybridized carbons (Fsp3) is 0.300. The zero-order valence-electron chi connectivity index (χ0n) is 7.42. The molecular formula is C10H10BrN2. The second-order valence-corrected chi connectivity index (χ2v) is 3.97. The maximum atomic E-state index is 4.16. The van der Waals surface area contributed by atoms with Gasteiger partial charge in [-0.15, -0.1) is 0 Å². The van der Waals surface area contributed by atoms with Gasteiger partial charge in [0.1, 0.15) is 0 Å². The summed E-state index contributed by atoms with van der Waals surface area (Å²) in [6.07, 6.45) is 2.12. The number of hydrogen-bond donors (Lipinski definition) is 0. The molecule has 1 heterocycles. The predicted molar refractivity (Wildman–Crippen MR) is 55.4 cm³/mol. The van der Waals surface area contributed by atoms with E-state index in [-0.39, 0.29) is 0 Å². The molecule has 0 atom stereocenters. The highest BCUT2D eigenvalue weighted by Gasteiger charge is 2.06. The number of benzene rings is 1. The molecule has 2 nitrogen and oxygen atoms in total. The van der Waals surface area contributed by atoms with Gasteiger partial charge in [0.2, 0.25) is 0 Å². The van der Waals surface area contributed by atoms with Crippen LogP contribution < -0.4 is 16.0 Å². The summed E-state index contributed by atoms with van der Waals surface area (Å²) in [7, 11) is 0. The van der Waals surface area contributed by atoms with Crippen molar-refractivity contribution in [1.82, 2.24) is 5.43 Å². The Bertz CT molecular complexity index is 437. The summed E-state index contributed by atoms with van der Waals surface area (Å²) in [5, 5.41) is 6.28. The first-order chi connectivity index (χ1) is 6.31. The van der Waals surface area contributed by atoms with Crippen LogP contribution in [0.25, 0.3) is 5.70 Å². The van der Waals surface area contributed by atoms with Gasteiger partial charge in [0.25, 0.3) is 0 Å². The lowest BCUT2D eigenvalue weighted by molar-refractivity contribution is 0.858. The molecule has 1 aliphatic heterocycles. The summed E-state index contributed by atoms with van der Waals surface area (Å²) < 4.78 is 1.09. The van der Waals surface area contributed by atoms with Crippen LogP contribution in [0.1, 0.15) is 19.8 Å². The van der Waals surface area contributed by atoms with Gasteiger partial charge in [-0.2, -0.15) is 10.5 Å². The summed E-state index contributed by atoms with van der Waals surface area (Å²) in [6, 6.07) is 6.07. The van der Waals surface area contributed by atoms with E-state index < -0.39 is 0 Å². The Kier molecular flexibility index (Phi) is 2.36. The smallest absolute Gasteiger partial charge is 0.0948 e. The summed E-state index contributed by atoms with van der Waals surface area (Å²) in [4.78, 5) is 0. The Morgan fingerprint density at radius 3 is 3.00 bits per heavy atom. The molecule has 1 radical (unpaired) electrons. The largest absolute Gasteiger partial charge is 0.154 e. The van der Waals surface area contributed by atoms with E-state index in [0.717, 1.165) is 28.4 Å². The maximum Gasteiger partial charge on any atom is 0.0948 e. The van der Waals surface area contributed by atoms with Crippen LogP contribution in [0.4, 0.5) is 0 Å². The van der Waals surface area contributed by atoms with Crippen LogP contribution in [0.3, 0.4) is 0 Å². The highest BCUT2D eigenvalue weighted by atomic mass is 79.9. The van der Waals surface area contributed by atoms with Gasteiger partial charge in [0.15, 0.2) is 0 Å². The molecule has 0 fully saturated rings. The second-order valence-electron chi connectivity index (χ2n) is 3.06. The lowest BCUT2D eigenvalue weighted by Gasteiger charge is -1.94. The van der Waals surface area contributed by atoms with Crippen molar-refractivity contribution >= 4 is 21.6 Å². The van der Waals surface area contributed by atoms with Crippen LogP contribution in [-0.4, -0.2) is 0 Å². The van der Waals surface area contributed by atoms with Gasteiger partial charge in [-0.25, -0.2) is 0 Å². The molecule has 0 saturated heterocycles. The molecule has 0 N–H and O–H groups in total. The Labute approximate surface area is 85.5 Å². The topological polar surface area (TPSA) is 26.5 Å². The van der Waals surface area contributed by atoms with E-state index in [1.54, 1.807) is 0 Å². The highest BCUT2D eigenvalue weighted by Crippen LogP contribution is 2.07. The summed E-state index contributed by atoms with van der Waals surface area (Å²) in [5.74, 6) is 0. The third kappa shape index (κ3) is 1.61. The number of fused-ring (bicyclic) bond motifs is 1. The van der Waals surface area contributed by atoms with Crippen molar-refractivity contribution < 1.29 is 0 Å². The number of nitrogens with zero attached hydrogens (tertiary/aromatic N) is 2. The number of rotatable bonds is 2. The van der Waals surface area contributed by atoms with Gasteiger partial charge in [-0.3, -0.25) is 0 Å². The molecule has 3 heteroatoms. The third-order valence-electron chi connectivity index (χ3n) is 2.03. The van der Waals surface area contributed by atoms with Crippen molar-refractivity contribution in [2.75, 3.05) is 0 Å². The second kappa shape index (κ2) is 3.50. The Hall–Kier alpha value is -0.830. The standard InChI is InChI=1S/C10H10BrN2/c1-2-3-9-8-6-7(11)4-5-10(8)13-12-9/h4-6H,2-3H2,1H3. The zero-order chi connectivity index (χ0) is 9.26. The molecule has 13 heavy (non-hydrogen) atoms. The van der Waals surface area contributed by atoms with E-state index in [2.05, 4.69) is 39.4 Å². The van der Waals surface area contributed by atoms with Crippen LogP contribution in [0.15, 0.2) is 27.8 Å². The number of halogens is 1. The Morgan fingerprint density at radius 1 is 1.38 bits per heavy atom. The molecule has 0 spiro atoms. The summed E-state index contributed by atoms with van der Waals surface area (Å²) in [6.45, 7) is 2.15. The van der Waals surface area contributed by atoms with Gasteiger partial charge < -0.3 is 0 Å². The molecule has 0 aliphatic carbocycles. The van der Waals surface area contributed by atoms with Gasteiger partial charge in [-0.1, -0.05) is 29.3 Å². The minimum atomic E-state index is 0.992. The SMILES string of the molecule is CCCC1=c2cc(Br)ccc2=N[N]1. The minimum absolute atomic E-state index is 0.992. The highest BCUT2D eigenvalue weighted by molar-refractivity contribution is 9.10. The molecule has 0 saturated carbocycles. The molecular weight excluding hydrogens is 228 g/mol. The monoisotopic (exact) mass is 237 g/mol. The van der Waals surface area contributed by atoms with Crippen LogP contribution in [0.5, 0.6) is 0 Å². The van der Waals surface area contributed by atoms with E-state index in [0.29, 0.717) is 0 Å². The average molecular weight is 238 g/mol. The van der Waals surface area contributed by atoms with E-state index in [1.165, 1.54) is 5.22 Å². The molecule has 0 aromatic heterocycles. The Balaban J connectivity index is 2.61. The lowest BCUT2D eigenvalue weighted by Crippen LogP contribution is -2.22. The van der Waals surface area contributed by atoms with Crippen molar-refractivity contribution in [1.29, 1.82) is 0 Å². The molecule has 0 amide bonds. The third-order valence-corrected chi connectivity index (χ3v) is 2.53. The summed E-state index contributed by atoms with van der Waals surface area (Å²) in [5.41, 5.74) is 5.27. The van der Waals surface area contributed by atoms with E-state index in [9.17, 15) is 0 Å². The van der Waals surface area contributed by atoms with Crippen molar-refractivity contribution in [2.24, 2.45) is 5.10 Å². The van der Waals surface area contributed by atoms with E-state index in [1.807, 2.05) is 12.1 Å². The minimum Gasteiger partial charge on any atom is -0.154 e. The first kappa shape index (κ1) is 8.75. The van der Waals surface area contributed by atoms with Crippen LogP contribution >= 0.6 is 15.9 Å². The quantitative estimate of drug-likeness (QED) is 0.746. The van der Waals surface area contributed by atoms with Gasteiger partial charge in [0.05, 0.1) is 11.1 Å². The maximum absolute atomic E-state index is 4.16. The first-order valence-corrected chi connectivity index (χ1v) is 5.18. The molecule has 0 unspecified atom stereocenters. The van der Waals surface area contributed by atoms with Crippen molar-refractivity contribution in [3.63, 3.8) is 0 Å². The summed E-state index contributed by atoms with van der Waals surface area (Å²) >= 11 is 3.45. The molecule has 0 bridgehead atoms. The molecule has 67 valence electrons. The average Bonchev–Trinajstić information content (AvgIpc) is 2.49. The van der Waals surface area contributed by atoms with Crippen molar-refractivity contribution in [2.45, 2.75) is 19.8 Å². The molecule has 1 aromatic carbocycles. The lowest BCUT2D eigenvalue weighted by atomic mass is 10.2. The number of hydrogen-bond acceptors (Lipinski definition) is 1. The normalized spacial score (nSPS) is 13.5. The molecule has 1 aliphatic rings. The Morgan fingerprint density at radius 2 is 2.23 bits per heavy atom.